The minimum atomic E-state index is -0.300. The van der Waals surface area contributed by atoms with Gasteiger partial charge in [-0.1, -0.05) is 24.3 Å². The second-order valence-corrected chi connectivity index (χ2v) is 5.46. The van der Waals surface area contributed by atoms with Crippen molar-refractivity contribution in [2.75, 3.05) is 12.8 Å². The first-order valence-electron chi connectivity index (χ1n) is 6.76. The minimum absolute atomic E-state index is 0.300. The number of nitrogen functional groups attached to an aromatic ring is 1. The Morgan fingerprint density at radius 3 is 2.52 bits per heavy atom. The fourth-order valence-electron chi connectivity index (χ4n) is 2.24. The molecule has 0 unspecified atom stereocenters. The van der Waals surface area contributed by atoms with E-state index in [1.54, 1.807) is 13.3 Å². The summed E-state index contributed by atoms with van der Waals surface area (Å²) in [6, 6.07) is 8.21. The zero-order valence-electron chi connectivity index (χ0n) is 12.4. The molecule has 1 aromatic carbocycles. The molecule has 0 saturated carbocycles. The van der Waals surface area contributed by atoms with Gasteiger partial charge in [0.15, 0.2) is 11.5 Å². The maximum Gasteiger partial charge on any atom is 0.180 e. The molecule has 0 radical (unpaired) electrons. The first-order chi connectivity index (χ1) is 10.0. The second kappa shape index (κ2) is 4.86. The molecule has 0 aliphatic heterocycles. The SMILES string of the molecule is COC(C)(C)c1ccc(-c2cn3ccnc(N)c3n2)cc1. The number of nitrogens with two attached hydrogens (primary N) is 1. The number of benzene rings is 1. The molecule has 2 aromatic heterocycles. The summed E-state index contributed by atoms with van der Waals surface area (Å²) in [5, 5.41) is 0. The van der Waals surface area contributed by atoms with E-state index in [4.69, 9.17) is 10.5 Å². The van der Waals surface area contributed by atoms with Crippen LogP contribution in [-0.2, 0) is 10.3 Å². The molecule has 2 heterocycles. The monoisotopic (exact) mass is 282 g/mol. The Balaban J connectivity index is 2.01. The molecule has 0 atom stereocenters. The molecule has 0 aliphatic rings. The normalized spacial score (nSPS) is 12.0. The maximum atomic E-state index is 5.84. The summed E-state index contributed by atoms with van der Waals surface area (Å²) < 4.78 is 7.37. The van der Waals surface area contributed by atoms with E-state index in [9.17, 15) is 0 Å². The van der Waals surface area contributed by atoms with Crippen molar-refractivity contribution < 1.29 is 4.74 Å². The van der Waals surface area contributed by atoms with Crippen LogP contribution in [0.2, 0.25) is 0 Å². The van der Waals surface area contributed by atoms with Gasteiger partial charge in [0, 0.05) is 31.3 Å². The van der Waals surface area contributed by atoms with Crippen molar-refractivity contribution in [3.05, 3.63) is 48.4 Å². The second-order valence-electron chi connectivity index (χ2n) is 5.46. The summed E-state index contributed by atoms with van der Waals surface area (Å²) in [6.45, 7) is 4.08. The number of fused-ring (bicyclic) bond motifs is 1. The third-order valence-corrected chi connectivity index (χ3v) is 3.79. The Morgan fingerprint density at radius 2 is 1.90 bits per heavy atom. The quantitative estimate of drug-likeness (QED) is 0.802. The Hall–Kier alpha value is -2.40. The Morgan fingerprint density at radius 1 is 1.19 bits per heavy atom. The van der Waals surface area contributed by atoms with Crippen molar-refractivity contribution >= 4 is 11.5 Å². The molecule has 3 rings (SSSR count). The van der Waals surface area contributed by atoms with E-state index in [-0.39, 0.29) is 5.60 Å². The average molecular weight is 282 g/mol. The lowest BCUT2D eigenvalue weighted by Crippen LogP contribution is -2.19. The van der Waals surface area contributed by atoms with E-state index in [2.05, 4.69) is 22.1 Å². The smallest absolute Gasteiger partial charge is 0.180 e. The van der Waals surface area contributed by atoms with E-state index < -0.39 is 0 Å². The van der Waals surface area contributed by atoms with Gasteiger partial charge in [0.05, 0.1) is 11.3 Å². The van der Waals surface area contributed by atoms with Crippen LogP contribution in [0.5, 0.6) is 0 Å². The molecule has 21 heavy (non-hydrogen) atoms. The van der Waals surface area contributed by atoms with E-state index in [1.807, 2.05) is 42.8 Å². The van der Waals surface area contributed by atoms with Crippen LogP contribution in [-0.4, -0.2) is 21.5 Å². The topological polar surface area (TPSA) is 65.4 Å². The Kier molecular flexibility index (Phi) is 3.14. The van der Waals surface area contributed by atoms with Gasteiger partial charge < -0.3 is 14.9 Å². The lowest BCUT2D eigenvalue weighted by molar-refractivity contribution is 0.0192. The van der Waals surface area contributed by atoms with E-state index in [1.165, 1.54) is 0 Å². The first-order valence-corrected chi connectivity index (χ1v) is 6.76. The molecule has 108 valence electrons. The van der Waals surface area contributed by atoms with Gasteiger partial charge in [-0.25, -0.2) is 9.97 Å². The molecule has 5 nitrogen and oxygen atoms in total. The molecule has 0 aliphatic carbocycles. The lowest BCUT2D eigenvalue weighted by atomic mass is 9.96. The van der Waals surface area contributed by atoms with Gasteiger partial charge in [-0.2, -0.15) is 0 Å². The molecule has 0 amide bonds. The zero-order chi connectivity index (χ0) is 15.0. The summed E-state index contributed by atoms with van der Waals surface area (Å²) in [6.07, 6.45) is 5.45. The molecule has 0 spiro atoms. The van der Waals surface area contributed by atoms with Gasteiger partial charge in [-0.3, -0.25) is 0 Å². The summed E-state index contributed by atoms with van der Waals surface area (Å²) >= 11 is 0. The van der Waals surface area contributed by atoms with Crippen molar-refractivity contribution in [3.63, 3.8) is 0 Å². The van der Waals surface area contributed by atoms with Gasteiger partial charge in [-0.15, -0.1) is 0 Å². The number of nitrogens with zero attached hydrogens (tertiary/aromatic N) is 3. The third kappa shape index (κ3) is 2.36. The highest BCUT2D eigenvalue weighted by Crippen LogP contribution is 2.27. The number of ether oxygens (including phenoxy) is 1. The van der Waals surface area contributed by atoms with Crippen LogP contribution >= 0.6 is 0 Å². The molecule has 2 N–H and O–H groups in total. The predicted octanol–water partition coefficient (Wildman–Crippen LogP) is 2.86. The highest BCUT2D eigenvalue weighted by Gasteiger charge is 2.19. The standard InChI is InChI=1S/C16H18N4O/c1-16(2,21-3)12-6-4-11(5-7-12)13-10-20-9-8-18-14(17)15(20)19-13/h4-10H,1-3H3,(H2,17,18). The van der Waals surface area contributed by atoms with E-state index >= 15 is 0 Å². The van der Waals surface area contributed by atoms with E-state index in [0.29, 0.717) is 11.5 Å². The lowest BCUT2D eigenvalue weighted by Gasteiger charge is -2.23. The number of rotatable bonds is 3. The number of methoxy groups -OCH3 is 1. The fraction of sp³-hybridized carbons (Fsp3) is 0.250. The molecule has 0 fully saturated rings. The van der Waals surface area contributed by atoms with Crippen molar-refractivity contribution in [2.24, 2.45) is 0 Å². The van der Waals surface area contributed by atoms with Crippen LogP contribution in [0.3, 0.4) is 0 Å². The summed E-state index contributed by atoms with van der Waals surface area (Å²) in [7, 11) is 1.71. The zero-order valence-corrected chi connectivity index (χ0v) is 12.4. The van der Waals surface area contributed by atoms with Crippen molar-refractivity contribution in [1.82, 2.24) is 14.4 Å². The number of anilines is 1. The van der Waals surface area contributed by atoms with Gasteiger partial charge in [0.25, 0.3) is 0 Å². The van der Waals surface area contributed by atoms with Crippen LogP contribution in [0.1, 0.15) is 19.4 Å². The Labute approximate surface area is 123 Å². The largest absolute Gasteiger partial charge is 0.381 e. The first kappa shape index (κ1) is 13.6. The van der Waals surface area contributed by atoms with Gasteiger partial charge >= 0.3 is 0 Å². The summed E-state index contributed by atoms with van der Waals surface area (Å²) in [5.41, 5.74) is 9.24. The minimum Gasteiger partial charge on any atom is -0.381 e. The molecule has 5 heteroatoms. The van der Waals surface area contributed by atoms with Crippen LogP contribution in [0.4, 0.5) is 5.82 Å². The van der Waals surface area contributed by atoms with Crippen molar-refractivity contribution in [1.29, 1.82) is 0 Å². The summed E-state index contributed by atoms with van der Waals surface area (Å²) in [5.74, 6) is 0.431. The number of imidazole rings is 1. The highest BCUT2D eigenvalue weighted by molar-refractivity contribution is 5.68. The number of hydrogen-bond acceptors (Lipinski definition) is 4. The highest BCUT2D eigenvalue weighted by atomic mass is 16.5. The number of hydrogen-bond donors (Lipinski definition) is 1. The van der Waals surface area contributed by atoms with Crippen LogP contribution in [0, 0.1) is 0 Å². The molecule has 0 saturated heterocycles. The van der Waals surface area contributed by atoms with Gasteiger partial charge in [0.1, 0.15) is 0 Å². The van der Waals surface area contributed by atoms with Crippen LogP contribution < -0.4 is 5.73 Å². The fourth-order valence-corrected chi connectivity index (χ4v) is 2.24. The molecule has 3 aromatic rings. The Bertz CT molecular complexity index is 775. The van der Waals surface area contributed by atoms with Crippen LogP contribution in [0.25, 0.3) is 16.9 Å². The average Bonchev–Trinajstić information content (AvgIpc) is 2.93. The van der Waals surface area contributed by atoms with Gasteiger partial charge in [-0.05, 0) is 19.4 Å². The number of aromatic nitrogens is 3. The van der Waals surface area contributed by atoms with Gasteiger partial charge in [0.2, 0.25) is 0 Å². The molecule has 0 bridgehead atoms. The van der Waals surface area contributed by atoms with Crippen molar-refractivity contribution in [3.8, 4) is 11.3 Å². The van der Waals surface area contributed by atoms with E-state index in [0.717, 1.165) is 16.8 Å². The maximum absolute atomic E-state index is 5.84. The van der Waals surface area contributed by atoms with Crippen molar-refractivity contribution in [2.45, 2.75) is 19.4 Å². The van der Waals surface area contributed by atoms with Crippen LogP contribution in [0.15, 0.2) is 42.9 Å². The summed E-state index contributed by atoms with van der Waals surface area (Å²) in [4.78, 5) is 8.59. The molecular formula is C16H18N4O. The predicted molar refractivity (Wildman–Crippen MR) is 82.9 cm³/mol. The molecular weight excluding hydrogens is 264 g/mol. The third-order valence-electron chi connectivity index (χ3n) is 3.79.